The van der Waals surface area contributed by atoms with Crippen LogP contribution in [-0.4, -0.2) is 37.2 Å². The van der Waals surface area contributed by atoms with Crippen LogP contribution in [0.4, 0.5) is 0 Å². The van der Waals surface area contributed by atoms with Crippen molar-refractivity contribution in [3.63, 3.8) is 0 Å². The number of carbonyl (C=O) groups excluding carboxylic acids is 3. The first-order valence-corrected chi connectivity index (χ1v) is 23.2. The number of rotatable bonds is 40. The van der Waals surface area contributed by atoms with Gasteiger partial charge >= 0.3 is 17.9 Å². The Morgan fingerprint density at radius 3 is 1.21 bits per heavy atom. The molecule has 6 heteroatoms. The van der Waals surface area contributed by atoms with E-state index in [4.69, 9.17) is 14.2 Å². The van der Waals surface area contributed by atoms with Crippen LogP contribution < -0.4 is 0 Å². The second-order valence-corrected chi connectivity index (χ2v) is 15.0. The smallest absolute Gasteiger partial charge is 0.306 e. The Labute approximate surface area is 350 Å². The molecule has 0 aliphatic carbocycles. The SMILES string of the molecule is CC\C=C/C=C\C=C/C=C\CCCCCCCC(=O)OCC(COC(=O)CCCCC/C=C\C=C/CCCC)OC(=O)CCCCC/C=C\CCCCCCCC. The van der Waals surface area contributed by atoms with Crippen LogP contribution in [0.15, 0.2) is 85.1 Å². The molecule has 0 bridgehead atoms. The van der Waals surface area contributed by atoms with E-state index >= 15 is 0 Å². The summed E-state index contributed by atoms with van der Waals surface area (Å²) in [4.78, 5) is 37.8. The molecule has 0 saturated carbocycles. The third-order valence-corrected chi connectivity index (χ3v) is 9.48. The van der Waals surface area contributed by atoms with Crippen LogP contribution in [0.5, 0.6) is 0 Å². The fraction of sp³-hybridized carbons (Fsp3) is 0.667. The minimum Gasteiger partial charge on any atom is -0.462 e. The van der Waals surface area contributed by atoms with Crippen molar-refractivity contribution < 1.29 is 28.6 Å². The Bertz CT molecular complexity index is 1140. The zero-order valence-corrected chi connectivity index (χ0v) is 36.8. The second-order valence-electron chi connectivity index (χ2n) is 15.0. The van der Waals surface area contributed by atoms with Crippen LogP contribution in [0.3, 0.4) is 0 Å². The molecule has 0 amide bonds. The van der Waals surface area contributed by atoms with E-state index in [9.17, 15) is 14.4 Å². The Morgan fingerprint density at radius 1 is 0.368 bits per heavy atom. The summed E-state index contributed by atoms with van der Waals surface area (Å²) in [6.45, 7) is 6.36. The number of hydrogen-bond donors (Lipinski definition) is 0. The van der Waals surface area contributed by atoms with Crippen molar-refractivity contribution >= 4 is 17.9 Å². The number of esters is 3. The maximum atomic E-state index is 12.7. The lowest BCUT2D eigenvalue weighted by Crippen LogP contribution is -2.30. The first kappa shape index (κ1) is 53.6. The van der Waals surface area contributed by atoms with E-state index < -0.39 is 6.10 Å². The third-order valence-electron chi connectivity index (χ3n) is 9.48. The second kappa shape index (κ2) is 45.3. The average Bonchev–Trinajstić information content (AvgIpc) is 3.21. The standard InChI is InChI=1S/C51H84O6/c1-4-7-10-13-16-19-22-24-25-27-29-32-35-38-41-44-50(53)56-47-48(46-55-49(52)43-40-37-34-31-28-21-18-15-12-9-6-3)57-51(54)45-42-39-36-33-30-26-23-20-17-14-11-8-5-2/h7,10,13,15-16,18-19,21-22,24-26,28,30,48H,4-6,8-9,11-12,14,17,20,23,27,29,31-47H2,1-3H3/b10-7-,16-13-,18-15-,22-19-,25-24-,28-21-,30-26-. The predicted molar refractivity (Wildman–Crippen MR) is 242 cm³/mol. The van der Waals surface area contributed by atoms with E-state index in [1.165, 1.54) is 51.4 Å². The lowest BCUT2D eigenvalue weighted by molar-refractivity contribution is -0.167. The lowest BCUT2D eigenvalue weighted by atomic mass is 10.1. The van der Waals surface area contributed by atoms with E-state index in [0.717, 1.165) is 109 Å². The number of carbonyl (C=O) groups is 3. The van der Waals surface area contributed by atoms with Gasteiger partial charge in [0.2, 0.25) is 0 Å². The minimum atomic E-state index is -0.803. The zero-order chi connectivity index (χ0) is 41.5. The van der Waals surface area contributed by atoms with Gasteiger partial charge in [-0.05, 0) is 83.5 Å². The van der Waals surface area contributed by atoms with Crippen LogP contribution in [0.1, 0.15) is 201 Å². The van der Waals surface area contributed by atoms with Crippen molar-refractivity contribution in [2.24, 2.45) is 0 Å². The van der Waals surface area contributed by atoms with E-state index in [1.54, 1.807) is 0 Å². The maximum absolute atomic E-state index is 12.7. The van der Waals surface area contributed by atoms with Crippen LogP contribution >= 0.6 is 0 Å². The molecule has 0 heterocycles. The minimum absolute atomic E-state index is 0.105. The molecule has 0 aromatic rings. The van der Waals surface area contributed by atoms with Gasteiger partial charge in [0.1, 0.15) is 13.2 Å². The summed E-state index contributed by atoms with van der Waals surface area (Å²) >= 11 is 0. The normalized spacial score (nSPS) is 12.8. The molecular weight excluding hydrogens is 709 g/mol. The third kappa shape index (κ3) is 43.6. The number of allylic oxidation sites excluding steroid dienone is 14. The summed E-state index contributed by atoms with van der Waals surface area (Å²) in [6.07, 6.45) is 57.0. The summed E-state index contributed by atoms with van der Waals surface area (Å²) in [5, 5.41) is 0. The molecule has 0 radical (unpaired) electrons. The Morgan fingerprint density at radius 2 is 0.719 bits per heavy atom. The molecule has 1 atom stereocenters. The molecule has 1 unspecified atom stereocenters. The monoisotopic (exact) mass is 793 g/mol. The van der Waals surface area contributed by atoms with Crippen LogP contribution in [0.25, 0.3) is 0 Å². The molecule has 0 aromatic carbocycles. The van der Waals surface area contributed by atoms with Gasteiger partial charge in [0, 0.05) is 19.3 Å². The molecule has 0 N–H and O–H groups in total. The first-order valence-electron chi connectivity index (χ1n) is 23.2. The Hall–Kier alpha value is -3.41. The van der Waals surface area contributed by atoms with Gasteiger partial charge in [-0.2, -0.15) is 0 Å². The number of hydrogen-bond acceptors (Lipinski definition) is 6. The summed E-state index contributed by atoms with van der Waals surface area (Å²) in [5.41, 5.74) is 0. The molecule has 0 aliphatic rings. The summed E-state index contributed by atoms with van der Waals surface area (Å²) in [5.74, 6) is -0.978. The van der Waals surface area contributed by atoms with E-state index in [0.29, 0.717) is 19.3 Å². The summed E-state index contributed by atoms with van der Waals surface area (Å²) in [7, 11) is 0. The van der Waals surface area contributed by atoms with Gasteiger partial charge in [-0.1, -0.05) is 183 Å². The van der Waals surface area contributed by atoms with Crippen molar-refractivity contribution in [1.82, 2.24) is 0 Å². The fourth-order valence-electron chi connectivity index (χ4n) is 5.95. The zero-order valence-electron chi connectivity index (χ0n) is 36.8. The highest BCUT2D eigenvalue weighted by atomic mass is 16.6. The van der Waals surface area contributed by atoms with Crippen molar-refractivity contribution in [2.45, 2.75) is 207 Å². The van der Waals surface area contributed by atoms with Gasteiger partial charge in [-0.3, -0.25) is 14.4 Å². The molecule has 57 heavy (non-hydrogen) atoms. The lowest BCUT2D eigenvalue weighted by Gasteiger charge is -2.18. The van der Waals surface area contributed by atoms with Gasteiger partial charge in [-0.25, -0.2) is 0 Å². The molecule has 0 fully saturated rings. The maximum Gasteiger partial charge on any atom is 0.306 e. The molecule has 0 saturated heterocycles. The Balaban J connectivity index is 4.49. The first-order chi connectivity index (χ1) is 28.0. The molecule has 0 aromatic heterocycles. The van der Waals surface area contributed by atoms with Crippen LogP contribution in [0.2, 0.25) is 0 Å². The number of ether oxygens (including phenoxy) is 3. The molecule has 0 spiro atoms. The van der Waals surface area contributed by atoms with Crippen molar-refractivity contribution in [1.29, 1.82) is 0 Å². The summed E-state index contributed by atoms with van der Waals surface area (Å²) in [6, 6.07) is 0. The fourth-order valence-corrected chi connectivity index (χ4v) is 5.95. The van der Waals surface area contributed by atoms with Gasteiger partial charge in [0.05, 0.1) is 0 Å². The van der Waals surface area contributed by atoms with Crippen molar-refractivity contribution in [3.05, 3.63) is 85.1 Å². The quantitative estimate of drug-likeness (QED) is 0.0202. The van der Waals surface area contributed by atoms with Gasteiger partial charge in [-0.15, -0.1) is 0 Å². The largest absolute Gasteiger partial charge is 0.462 e. The van der Waals surface area contributed by atoms with E-state index in [1.807, 2.05) is 24.3 Å². The molecule has 0 rings (SSSR count). The van der Waals surface area contributed by atoms with E-state index in [2.05, 4.69) is 81.5 Å². The highest BCUT2D eigenvalue weighted by molar-refractivity contribution is 5.71. The van der Waals surface area contributed by atoms with Gasteiger partial charge < -0.3 is 14.2 Å². The van der Waals surface area contributed by atoms with E-state index in [-0.39, 0.29) is 31.1 Å². The van der Waals surface area contributed by atoms with Gasteiger partial charge in [0.25, 0.3) is 0 Å². The molecule has 324 valence electrons. The number of unbranched alkanes of at least 4 members (excludes halogenated alkanes) is 19. The summed E-state index contributed by atoms with van der Waals surface area (Å²) < 4.78 is 16.7. The molecule has 6 nitrogen and oxygen atoms in total. The van der Waals surface area contributed by atoms with Gasteiger partial charge in [0.15, 0.2) is 6.10 Å². The predicted octanol–water partition coefficient (Wildman–Crippen LogP) is 14.9. The van der Waals surface area contributed by atoms with Crippen LogP contribution in [0, 0.1) is 0 Å². The molecule has 0 aliphatic heterocycles. The topological polar surface area (TPSA) is 78.9 Å². The average molecular weight is 793 g/mol. The van der Waals surface area contributed by atoms with Crippen LogP contribution in [-0.2, 0) is 28.6 Å². The highest BCUT2D eigenvalue weighted by Gasteiger charge is 2.19. The van der Waals surface area contributed by atoms with Crippen molar-refractivity contribution in [2.75, 3.05) is 13.2 Å². The van der Waals surface area contributed by atoms with Crippen molar-refractivity contribution in [3.8, 4) is 0 Å². The molecular formula is C51H84O6. The highest BCUT2D eigenvalue weighted by Crippen LogP contribution is 2.12. The Kier molecular flexibility index (Phi) is 42.6.